The number of benzene rings is 1. The van der Waals surface area contributed by atoms with Crippen molar-refractivity contribution in [3.63, 3.8) is 0 Å². The van der Waals surface area contributed by atoms with Crippen molar-refractivity contribution in [1.82, 2.24) is 19.4 Å². The molecule has 156 valence electrons. The monoisotopic (exact) mass is 416 g/mol. The number of aryl methyl sites for hydroxylation is 2. The standard InChI is InChI=1S/C21H28N4O3S/c1-3-20-23-19-12-22-18-9-5-4-8-17(18)21(19)25(20)11-7-6-10-24(15(2)26)16-13-29(27,28)14-16/h4-5,8-9,12,16,27-28H,3,6-7,10-11,13-14H2,1-2H3. The Bertz CT molecular complexity index is 1040. The topological polar surface area (TPSA) is 91.5 Å². The third kappa shape index (κ3) is 3.97. The molecule has 8 heteroatoms. The van der Waals surface area contributed by atoms with Crippen molar-refractivity contribution >= 4 is 38.4 Å². The maximum Gasteiger partial charge on any atom is 0.219 e. The van der Waals surface area contributed by atoms with Gasteiger partial charge in [0.15, 0.2) is 0 Å². The SMILES string of the molecule is CCc1nc2cnc3ccccc3c2n1CCCCN(C(C)=O)C1CS(O)(O)C1. The van der Waals surface area contributed by atoms with Gasteiger partial charge in [0.05, 0.1) is 34.8 Å². The minimum absolute atomic E-state index is 0.00398. The van der Waals surface area contributed by atoms with E-state index >= 15 is 0 Å². The van der Waals surface area contributed by atoms with Crippen LogP contribution in [-0.2, 0) is 17.8 Å². The van der Waals surface area contributed by atoms with E-state index in [0.29, 0.717) is 18.1 Å². The summed E-state index contributed by atoms with van der Waals surface area (Å²) in [5, 5.41) is 1.11. The van der Waals surface area contributed by atoms with Crippen molar-refractivity contribution in [2.24, 2.45) is 0 Å². The quantitative estimate of drug-likeness (QED) is 0.570. The zero-order chi connectivity index (χ0) is 20.6. The fourth-order valence-electron chi connectivity index (χ4n) is 4.22. The molecule has 0 unspecified atom stereocenters. The lowest BCUT2D eigenvalue weighted by Crippen LogP contribution is -2.52. The fourth-order valence-corrected chi connectivity index (χ4v) is 5.71. The molecular weight excluding hydrogens is 388 g/mol. The minimum atomic E-state index is -2.44. The molecular formula is C21H28N4O3S. The fraction of sp³-hybridized carbons (Fsp3) is 0.476. The number of para-hydroxylation sites is 1. The van der Waals surface area contributed by atoms with Crippen LogP contribution >= 0.6 is 10.6 Å². The van der Waals surface area contributed by atoms with Gasteiger partial charge in [0.2, 0.25) is 5.91 Å². The number of unbranched alkanes of at least 4 members (excludes halogenated alkanes) is 1. The molecule has 0 bridgehead atoms. The molecule has 2 aromatic heterocycles. The molecule has 1 aromatic carbocycles. The molecule has 2 N–H and O–H groups in total. The molecule has 0 atom stereocenters. The Balaban J connectivity index is 1.48. The van der Waals surface area contributed by atoms with Crippen LogP contribution in [0.1, 0.15) is 32.5 Å². The molecule has 7 nitrogen and oxygen atoms in total. The molecule has 1 amide bonds. The predicted octanol–water partition coefficient (Wildman–Crippen LogP) is 3.91. The number of carbonyl (C=O) groups excluding carboxylic acids is 1. The molecule has 3 heterocycles. The molecule has 4 rings (SSSR count). The molecule has 1 aliphatic heterocycles. The van der Waals surface area contributed by atoms with Gasteiger partial charge < -0.3 is 9.47 Å². The van der Waals surface area contributed by atoms with Gasteiger partial charge in [-0.2, -0.15) is 10.6 Å². The summed E-state index contributed by atoms with van der Waals surface area (Å²) in [6.07, 6.45) is 4.48. The van der Waals surface area contributed by atoms with Crippen molar-refractivity contribution in [1.29, 1.82) is 0 Å². The first kappa shape index (κ1) is 20.1. The molecule has 1 fully saturated rings. The minimum Gasteiger partial charge on any atom is -0.337 e. The Hall–Kier alpha value is -2.16. The van der Waals surface area contributed by atoms with Gasteiger partial charge in [-0.25, -0.2) is 4.98 Å². The first-order valence-corrected chi connectivity index (χ1v) is 12.0. The van der Waals surface area contributed by atoms with E-state index in [9.17, 15) is 13.9 Å². The number of nitrogens with zero attached hydrogens (tertiary/aromatic N) is 4. The van der Waals surface area contributed by atoms with Crippen LogP contribution in [0.5, 0.6) is 0 Å². The van der Waals surface area contributed by atoms with Gasteiger partial charge in [0, 0.05) is 31.8 Å². The summed E-state index contributed by atoms with van der Waals surface area (Å²) in [5.41, 5.74) is 3.02. The van der Waals surface area contributed by atoms with Gasteiger partial charge in [-0.15, -0.1) is 0 Å². The van der Waals surface area contributed by atoms with Crippen molar-refractivity contribution in [2.75, 3.05) is 18.1 Å². The Morgan fingerprint density at radius 2 is 2.00 bits per heavy atom. The van der Waals surface area contributed by atoms with Gasteiger partial charge in [-0.1, -0.05) is 25.1 Å². The predicted molar refractivity (Wildman–Crippen MR) is 117 cm³/mol. The third-order valence-electron chi connectivity index (χ3n) is 5.67. The van der Waals surface area contributed by atoms with E-state index in [1.807, 2.05) is 24.4 Å². The molecule has 1 saturated heterocycles. The van der Waals surface area contributed by atoms with Crippen molar-refractivity contribution in [2.45, 2.75) is 45.7 Å². The first-order chi connectivity index (χ1) is 13.9. The van der Waals surface area contributed by atoms with Crippen LogP contribution in [-0.4, -0.2) is 58.5 Å². The van der Waals surface area contributed by atoms with Crippen molar-refractivity contribution < 1.29 is 13.9 Å². The van der Waals surface area contributed by atoms with Crippen molar-refractivity contribution in [3.05, 3.63) is 36.3 Å². The number of hydrogen-bond donors (Lipinski definition) is 2. The zero-order valence-corrected chi connectivity index (χ0v) is 17.7. The largest absolute Gasteiger partial charge is 0.337 e. The van der Waals surface area contributed by atoms with Crippen LogP contribution in [0, 0.1) is 0 Å². The van der Waals surface area contributed by atoms with Crippen LogP contribution in [0.3, 0.4) is 0 Å². The Labute approximate surface area is 172 Å². The summed E-state index contributed by atoms with van der Waals surface area (Å²) in [5.74, 6) is 1.69. The van der Waals surface area contributed by atoms with Crippen LogP contribution in [0.4, 0.5) is 0 Å². The lowest BCUT2D eigenvalue weighted by Gasteiger charge is -2.51. The third-order valence-corrected chi connectivity index (χ3v) is 7.51. The van der Waals surface area contributed by atoms with Gasteiger partial charge in [0.1, 0.15) is 11.3 Å². The van der Waals surface area contributed by atoms with E-state index < -0.39 is 10.6 Å². The molecule has 0 aliphatic carbocycles. The highest BCUT2D eigenvalue weighted by atomic mass is 32.3. The molecule has 0 saturated carbocycles. The second-order valence-electron chi connectivity index (χ2n) is 7.75. The van der Waals surface area contributed by atoms with Gasteiger partial charge >= 0.3 is 0 Å². The van der Waals surface area contributed by atoms with Crippen LogP contribution in [0.2, 0.25) is 0 Å². The van der Waals surface area contributed by atoms with E-state index in [1.54, 1.807) is 11.8 Å². The first-order valence-electron chi connectivity index (χ1n) is 10.1. The lowest BCUT2D eigenvalue weighted by molar-refractivity contribution is -0.130. The van der Waals surface area contributed by atoms with E-state index in [-0.39, 0.29) is 11.9 Å². The van der Waals surface area contributed by atoms with Crippen LogP contribution < -0.4 is 0 Å². The Morgan fingerprint density at radius 1 is 1.24 bits per heavy atom. The van der Waals surface area contributed by atoms with E-state index in [0.717, 1.165) is 53.6 Å². The summed E-state index contributed by atoms with van der Waals surface area (Å²) in [7, 11) is -2.44. The number of fused-ring (bicyclic) bond motifs is 3. The van der Waals surface area contributed by atoms with E-state index in [4.69, 9.17) is 4.98 Å². The highest BCUT2D eigenvalue weighted by Gasteiger charge is 2.38. The zero-order valence-electron chi connectivity index (χ0n) is 16.9. The number of pyridine rings is 1. The number of carbonyl (C=O) groups is 1. The Kier molecular flexibility index (Phi) is 5.50. The summed E-state index contributed by atoms with van der Waals surface area (Å²) in [6, 6.07) is 8.10. The highest BCUT2D eigenvalue weighted by molar-refractivity contribution is 8.25. The van der Waals surface area contributed by atoms with Crippen LogP contribution in [0.25, 0.3) is 21.9 Å². The molecule has 0 radical (unpaired) electrons. The Morgan fingerprint density at radius 3 is 2.69 bits per heavy atom. The molecule has 0 spiro atoms. The van der Waals surface area contributed by atoms with Gasteiger partial charge in [-0.3, -0.25) is 18.9 Å². The summed E-state index contributed by atoms with van der Waals surface area (Å²) in [4.78, 5) is 23.1. The molecule has 3 aromatic rings. The van der Waals surface area contributed by atoms with Gasteiger partial charge in [-0.05, 0) is 18.9 Å². The smallest absolute Gasteiger partial charge is 0.219 e. The number of amides is 1. The second kappa shape index (κ2) is 7.93. The van der Waals surface area contributed by atoms with E-state index in [1.165, 1.54) is 0 Å². The van der Waals surface area contributed by atoms with Gasteiger partial charge in [0.25, 0.3) is 0 Å². The average molecular weight is 417 g/mol. The number of rotatable bonds is 7. The summed E-state index contributed by atoms with van der Waals surface area (Å²) >= 11 is 0. The number of aromatic nitrogens is 3. The summed E-state index contributed by atoms with van der Waals surface area (Å²) in [6.45, 7) is 5.15. The van der Waals surface area contributed by atoms with E-state index in [2.05, 4.69) is 22.5 Å². The maximum atomic E-state index is 12.0. The molecule has 1 aliphatic rings. The summed E-state index contributed by atoms with van der Waals surface area (Å²) < 4.78 is 21.6. The highest BCUT2D eigenvalue weighted by Crippen LogP contribution is 2.50. The van der Waals surface area contributed by atoms with Crippen molar-refractivity contribution in [3.8, 4) is 0 Å². The second-order valence-corrected chi connectivity index (χ2v) is 10.0. The van der Waals surface area contributed by atoms with Crippen LogP contribution in [0.15, 0.2) is 30.5 Å². The maximum absolute atomic E-state index is 12.0. The normalized spacial score (nSPS) is 17.4. The lowest BCUT2D eigenvalue weighted by atomic mass is 10.2. The number of imidazole rings is 1. The number of hydrogen-bond acceptors (Lipinski definition) is 5. The molecule has 29 heavy (non-hydrogen) atoms. The average Bonchev–Trinajstić information content (AvgIpc) is 3.04.